The molecule has 152 valence electrons. The van der Waals surface area contributed by atoms with Crippen LogP contribution in [0.2, 0.25) is 0 Å². The Morgan fingerprint density at radius 2 is 1.55 bits per heavy atom. The Kier molecular flexibility index (Phi) is 7.00. The van der Waals surface area contributed by atoms with E-state index in [4.69, 9.17) is 0 Å². The van der Waals surface area contributed by atoms with Crippen molar-refractivity contribution in [1.82, 2.24) is 15.5 Å². The van der Waals surface area contributed by atoms with Crippen molar-refractivity contribution < 1.29 is 9.59 Å². The van der Waals surface area contributed by atoms with Gasteiger partial charge in [0.05, 0.1) is 11.1 Å². The molecule has 2 amide bonds. The van der Waals surface area contributed by atoms with E-state index in [1.807, 2.05) is 18.2 Å². The van der Waals surface area contributed by atoms with Gasteiger partial charge in [0.25, 0.3) is 11.8 Å². The molecular formula is C23H28N4O2. The number of carbonyl (C=O) groups excluding carboxylic acids is 2. The Balaban J connectivity index is 1.37. The van der Waals surface area contributed by atoms with Crippen molar-refractivity contribution in [2.45, 2.75) is 25.7 Å². The molecule has 0 saturated carbocycles. The summed E-state index contributed by atoms with van der Waals surface area (Å²) in [5, 5.41) is 6.64. The van der Waals surface area contributed by atoms with E-state index in [1.165, 1.54) is 10.5 Å². The monoisotopic (exact) mass is 392 g/mol. The summed E-state index contributed by atoms with van der Waals surface area (Å²) in [6.07, 6.45) is 1.58. The highest BCUT2D eigenvalue weighted by Crippen LogP contribution is 2.22. The van der Waals surface area contributed by atoms with Gasteiger partial charge >= 0.3 is 0 Å². The largest absolute Gasteiger partial charge is 0.356 e. The number of carbonyl (C=O) groups is 2. The van der Waals surface area contributed by atoms with Crippen LogP contribution in [0.25, 0.3) is 0 Å². The van der Waals surface area contributed by atoms with Crippen LogP contribution in [0.4, 0.5) is 0 Å². The summed E-state index contributed by atoms with van der Waals surface area (Å²) in [7, 11) is 1.75. The van der Waals surface area contributed by atoms with Crippen LogP contribution in [0, 0.1) is 0 Å². The highest BCUT2D eigenvalue weighted by molar-refractivity contribution is 6.21. The molecule has 1 aliphatic rings. The van der Waals surface area contributed by atoms with Gasteiger partial charge in [-0.3, -0.25) is 19.5 Å². The van der Waals surface area contributed by atoms with Crippen LogP contribution in [0.3, 0.4) is 0 Å². The Bertz CT molecular complexity index is 844. The molecule has 0 fully saturated rings. The van der Waals surface area contributed by atoms with Gasteiger partial charge in [-0.05, 0) is 36.5 Å². The van der Waals surface area contributed by atoms with Crippen LogP contribution >= 0.6 is 0 Å². The molecule has 0 spiro atoms. The minimum atomic E-state index is -0.189. The quantitative estimate of drug-likeness (QED) is 0.313. The standard InChI is InChI=1S/C23H28N4O2/c1-17(18-10-4-3-5-11-18)16-26-23(24-2)25-14-8-9-15-27-21(28)19-12-6-7-13-20(19)22(27)29/h3-7,10-13,17H,8-9,14-16H2,1-2H3,(H2,24,25,26). The number of unbranched alkanes of at least 4 members (excludes halogenated alkanes) is 1. The molecule has 6 heteroatoms. The number of rotatable bonds is 8. The maximum atomic E-state index is 12.4. The minimum Gasteiger partial charge on any atom is -0.356 e. The molecule has 3 rings (SSSR count). The summed E-state index contributed by atoms with van der Waals surface area (Å²) in [6.45, 7) is 4.13. The lowest BCUT2D eigenvalue weighted by molar-refractivity contribution is 0.0652. The summed E-state index contributed by atoms with van der Waals surface area (Å²) >= 11 is 0. The third-order valence-corrected chi connectivity index (χ3v) is 5.15. The second-order valence-electron chi connectivity index (χ2n) is 7.21. The lowest BCUT2D eigenvalue weighted by Crippen LogP contribution is -2.39. The van der Waals surface area contributed by atoms with E-state index in [2.05, 4.69) is 34.7 Å². The first-order valence-electron chi connectivity index (χ1n) is 10.1. The molecule has 1 aliphatic heterocycles. The molecule has 1 heterocycles. The molecule has 29 heavy (non-hydrogen) atoms. The summed E-state index contributed by atoms with van der Waals surface area (Å²) < 4.78 is 0. The van der Waals surface area contributed by atoms with E-state index in [0.717, 1.165) is 31.9 Å². The zero-order valence-corrected chi connectivity index (χ0v) is 17.0. The predicted molar refractivity (Wildman–Crippen MR) is 115 cm³/mol. The molecule has 2 aromatic rings. The van der Waals surface area contributed by atoms with Gasteiger partial charge in [-0.2, -0.15) is 0 Å². The van der Waals surface area contributed by atoms with Gasteiger partial charge in [0, 0.05) is 26.7 Å². The molecule has 1 atom stereocenters. The van der Waals surface area contributed by atoms with Crippen molar-refractivity contribution in [3.8, 4) is 0 Å². The summed E-state index contributed by atoms with van der Waals surface area (Å²) in [6, 6.07) is 17.4. The van der Waals surface area contributed by atoms with E-state index in [0.29, 0.717) is 23.6 Å². The first-order chi connectivity index (χ1) is 14.1. The first-order valence-corrected chi connectivity index (χ1v) is 10.1. The third-order valence-electron chi connectivity index (χ3n) is 5.15. The highest BCUT2D eigenvalue weighted by atomic mass is 16.2. The molecule has 2 N–H and O–H groups in total. The SMILES string of the molecule is CN=C(NCCCCN1C(=O)c2ccccc2C1=O)NCC(C)c1ccccc1. The van der Waals surface area contributed by atoms with Crippen LogP contribution in [-0.4, -0.2) is 49.4 Å². The van der Waals surface area contributed by atoms with Gasteiger partial charge in [0.1, 0.15) is 0 Å². The fourth-order valence-corrected chi connectivity index (χ4v) is 3.41. The number of hydrogen-bond donors (Lipinski definition) is 2. The second-order valence-corrected chi connectivity index (χ2v) is 7.21. The van der Waals surface area contributed by atoms with Crippen molar-refractivity contribution in [3.63, 3.8) is 0 Å². The minimum absolute atomic E-state index is 0.189. The van der Waals surface area contributed by atoms with Crippen LogP contribution in [0.5, 0.6) is 0 Å². The van der Waals surface area contributed by atoms with E-state index in [9.17, 15) is 9.59 Å². The van der Waals surface area contributed by atoms with E-state index >= 15 is 0 Å². The van der Waals surface area contributed by atoms with Crippen molar-refractivity contribution in [1.29, 1.82) is 0 Å². The Morgan fingerprint density at radius 1 is 0.931 bits per heavy atom. The first kappa shape index (κ1) is 20.6. The molecular weight excluding hydrogens is 364 g/mol. The maximum Gasteiger partial charge on any atom is 0.261 e. The molecule has 1 unspecified atom stereocenters. The summed E-state index contributed by atoms with van der Waals surface area (Å²) in [4.78, 5) is 30.3. The number of fused-ring (bicyclic) bond motifs is 1. The second kappa shape index (κ2) is 9.87. The number of imide groups is 1. The Hall–Kier alpha value is -3.15. The van der Waals surface area contributed by atoms with Crippen molar-refractivity contribution in [3.05, 3.63) is 71.3 Å². The maximum absolute atomic E-state index is 12.4. The number of benzene rings is 2. The van der Waals surface area contributed by atoms with E-state index < -0.39 is 0 Å². The molecule has 0 bridgehead atoms. The average molecular weight is 393 g/mol. The number of aliphatic imine (C=N–C) groups is 1. The molecule has 0 aliphatic carbocycles. The van der Waals surface area contributed by atoms with Gasteiger partial charge in [0.15, 0.2) is 5.96 Å². The smallest absolute Gasteiger partial charge is 0.261 e. The molecule has 6 nitrogen and oxygen atoms in total. The van der Waals surface area contributed by atoms with E-state index in [1.54, 1.807) is 31.3 Å². The average Bonchev–Trinajstić information content (AvgIpc) is 3.01. The molecule has 2 aromatic carbocycles. The molecule has 0 saturated heterocycles. The Morgan fingerprint density at radius 3 is 2.17 bits per heavy atom. The van der Waals surface area contributed by atoms with Gasteiger partial charge in [-0.15, -0.1) is 0 Å². The van der Waals surface area contributed by atoms with Crippen molar-refractivity contribution in [2.75, 3.05) is 26.7 Å². The third kappa shape index (κ3) is 5.02. The van der Waals surface area contributed by atoms with Crippen molar-refractivity contribution in [2.24, 2.45) is 4.99 Å². The van der Waals surface area contributed by atoms with Crippen LogP contribution in [-0.2, 0) is 0 Å². The van der Waals surface area contributed by atoms with Gasteiger partial charge in [-0.1, -0.05) is 49.4 Å². The Labute approximate surface area is 172 Å². The highest BCUT2D eigenvalue weighted by Gasteiger charge is 2.34. The number of guanidine groups is 1. The number of nitrogens with zero attached hydrogens (tertiary/aromatic N) is 2. The summed E-state index contributed by atoms with van der Waals surface area (Å²) in [5.41, 5.74) is 2.30. The van der Waals surface area contributed by atoms with Crippen LogP contribution < -0.4 is 10.6 Å². The summed E-state index contributed by atoms with van der Waals surface area (Å²) in [5.74, 6) is 0.758. The van der Waals surface area contributed by atoms with Gasteiger partial charge in [-0.25, -0.2) is 0 Å². The zero-order chi connectivity index (χ0) is 20.6. The normalized spacial score (nSPS) is 14.7. The van der Waals surface area contributed by atoms with Crippen molar-refractivity contribution >= 4 is 17.8 Å². The molecule has 0 aromatic heterocycles. The van der Waals surface area contributed by atoms with Gasteiger partial charge < -0.3 is 10.6 Å². The van der Waals surface area contributed by atoms with E-state index in [-0.39, 0.29) is 11.8 Å². The van der Waals surface area contributed by atoms with Gasteiger partial charge in [0.2, 0.25) is 0 Å². The predicted octanol–water partition coefficient (Wildman–Crippen LogP) is 3.03. The lowest BCUT2D eigenvalue weighted by atomic mass is 10.0. The van der Waals surface area contributed by atoms with Crippen LogP contribution in [0.1, 0.15) is 52.0 Å². The lowest BCUT2D eigenvalue weighted by Gasteiger charge is -2.17. The zero-order valence-electron chi connectivity index (χ0n) is 17.0. The fraction of sp³-hybridized carbons (Fsp3) is 0.348. The molecule has 0 radical (unpaired) electrons. The number of nitrogens with one attached hydrogen (secondary N) is 2. The van der Waals surface area contributed by atoms with Crippen LogP contribution in [0.15, 0.2) is 59.6 Å². The number of amides is 2. The topological polar surface area (TPSA) is 73.8 Å². The number of hydrogen-bond acceptors (Lipinski definition) is 3. The fourth-order valence-electron chi connectivity index (χ4n) is 3.41.